The lowest BCUT2D eigenvalue weighted by atomic mass is 10.6. The summed E-state index contributed by atoms with van der Waals surface area (Å²) in [7, 11) is 1.61. The molecule has 0 spiro atoms. The first kappa shape index (κ1) is 9.78. The van der Waals surface area contributed by atoms with E-state index in [1.54, 1.807) is 7.11 Å². The number of rotatable bonds is 5. The van der Waals surface area contributed by atoms with Gasteiger partial charge in [-0.1, -0.05) is 0 Å². The molecule has 0 bridgehead atoms. The maximum absolute atomic E-state index is 10.7. The van der Waals surface area contributed by atoms with Crippen LogP contribution in [0.5, 0.6) is 0 Å². The number of nitrogens with one attached hydrogen (secondary N) is 1. The first-order valence-corrected chi connectivity index (χ1v) is 4.45. The van der Waals surface area contributed by atoms with Crippen molar-refractivity contribution in [2.45, 2.75) is 0 Å². The van der Waals surface area contributed by atoms with Crippen LogP contribution in [0.1, 0.15) is 0 Å². The van der Waals surface area contributed by atoms with E-state index in [0.717, 1.165) is 0 Å². The Morgan fingerprint density at radius 3 is 2.90 bits per heavy atom. The molecule has 0 aliphatic heterocycles. The van der Waals surface area contributed by atoms with Gasteiger partial charge in [-0.05, 0) is 6.26 Å². The lowest BCUT2D eigenvalue weighted by molar-refractivity contribution is -0.118. The van der Waals surface area contributed by atoms with Gasteiger partial charge in [-0.3, -0.25) is 4.79 Å². The van der Waals surface area contributed by atoms with Crippen LogP contribution in [0, 0.1) is 0 Å². The molecule has 4 heteroatoms. The minimum absolute atomic E-state index is 0.0737. The molecule has 0 rings (SSSR count). The summed E-state index contributed by atoms with van der Waals surface area (Å²) in [6, 6.07) is 0. The van der Waals surface area contributed by atoms with Crippen LogP contribution in [-0.4, -0.2) is 38.2 Å². The minimum atomic E-state index is 0.0737. The highest BCUT2D eigenvalue weighted by Gasteiger charge is 1.95. The van der Waals surface area contributed by atoms with Crippen molar-refractivity contribution in [3.63, 3.8) is 0 Å². The predicted molar refractivity (Wildman–Crippen MR) is 43.3 cm³/mol. The molecule has 60 valence electrons. The molecule has 1 N–H and O–H groups in total. The Balaban J connectivity index is 3.05. The van der Waals surface area contributed by atoms with E-state index < -0.39 is 0 Å². The summed E-state index contributed by atoms with van der Waals surface area (Å²) < 4.78 is 4.75. The lowest BCUT2D eigenvalue weighted by Crippen LogP contribution is -2.28. The number of methoxy groups -OCH3 is 1. The molecule has 0 aliphatic rings. The van der Waals surface area contributed by atoms with Crippen LogP contribution in [0.4, 0.5) is 0 Å². The van der Waals surface area contributed by atoms with Crippen LogP contribution >= 0.6 is 11.8 Å². The fourth-order valence-corrected chi connectivity index (χ4v) is 0.839. The molecular formula is C6H13NO2S. The fraction of sp³-hybridized carbons (Fsp3) is 0.833. The largest absolute Gasteiger partial charge is 0.383 e. The molecule has 0 fully saturated rings. The van der Waals surface area contributed by atoms with Crippen molar-refractivity contribution in [2.75, 3.05) is 32.3 Å². The molecule has 0 aliphatic carbocycles. The van der Waals surface area contributed by atoms with Gasteiger partial charge in [0, 0.05) is 13.7 Å². The smallest absolute Gasteiger partial charge is 0.230 e. The van der Waals surface area contributed by atoms with Crippen molar-refractivity contribution in [1.82, 2.24) is 5.32 Å². The second kappa shape index (κ2) is 6.89. The maximum Gasteiger partial charge on any atom is 0.230 e. The number of carbonyl (C=O) groups is 1. The highest BCUT2D eigenvalue weighted by atomic mass is 32.2. The van der Waals surface area contributed by atoms with E-state index >= 15 is 0 Å². The second-order valence-corrected chi connectivity index (χ2v) is 2.64. The van der Waals surface area contributed by atoms with Crippen LogP contribution in [0.3, 0.4) is 0 Å². The summed E-state index contributed by atoms with van der Waals surface area (Å²) in [5, 5.41) is 2.70. The van der Waals surface area contributed by atoms with Gasteiger partial charge in [-0.15, -0.1) is 0 Å². The highest BCUT2D eigenvalue weighted by molar-refractivity contribution is 7.99. The fourth-order valence-electron chi connectivity index (χ4n) is 0.475. The molecule has 0 saturated heterocycles. The van der Waals surface area contributed by atoms with Crippen molar-refractivity contribution in [3.8, 4) is 0 Å². The van der Waals surface area contributed by atoms with Gasteiger partial charge in [-0.25, -0.2) is 0 Å². The molecule has 0 aromatic heterocycles. The number of hydrogen-bond donors (Lipinski definition) is 1. The summed E-state index contributed by atoms with van der Waals surface area (Å²) >= 11 is 1.51. The van der Waals surface area contributed by atoms with E-state index in [4.69, 9.17) is 4.74 Å². The standard InChI is InChI=1S/C6H13NO2S/c1-9-4-3-7-6(8)5-10-2/h3-5H2,1-2H3,(H,7,8). The Morgan fingerprint density at radius 2 is 2.40 bits per heavy atom. The van der Waals surface area contributed by atoms with E-state index in [1.807, 2.05) is 6.26 Å². The molecule has 0 saturated carbocycles. The molecule has 0 atom stereocenters. The molecule has 10 heavy (non-hydrogen) atoms. The van der Waals surface area contributed by atoms with Gasteiger partial charge in [0.15, 0.2) is 0 Å². The van der Waals surface area contributed by atoms with Gasteiger partial charge in [0.1, 0.15) is 0 Å². The number of amides is 1. The predicted octanol–water partition coefficient (Wildman–Crippen LogP) is 0.112. The van der Waals surface area contributed by atoms with Gasteiger partial charge in [0.2, 0.25) is 5.91 Å². The Labute approximate surface area is 65.5 Å². The number of ether oxygens (including phenoxy) is 1. The van der Waals surface area contributed by atoms with Gasteiger partial charge < -0.3 is 10.1 Å². The second-order valence-electron chi connectivity index (χ2n) is 1.78. The first-order valence-electron chi connectivity index (χ1n) is 3.06. The number of thioether (sulfide) groups is 1. The summed E-state index contributed by atoms with van der Waals surface area (Å²) in [6.07, 6.45) is 1.90. The lowest BCUT2D eigenvalue weighted by Gasteiger charge is -2.01. The van der Waals surface area contributed by atoms with Gasteiger partial charge in [0.25, 0.3) is 0 Å². The van der Waals surface area contributed by atoms with Gasteiger partial charge in [-0.2, -0.15) is 11.8 Å². The van der Waals surface area contributed by atoms with E-state index in [0.29, 0.717) is 18.9 Å². The Bertz CT molecular complexity index is 97.7. The molecule has 0 aromatic rings. The molecule has 3 nitrogen and oxygen atoms in total. The number of hydrogen-bond acceptors (Lipinski definition) is 3. The van der Waals surface area contributed by atoms with Crippen LogP contribution in [0.25, 0.3) is 0 Å². The highest BCUT2D eigenvalue weighted by Crippen LogP contribution is 1.88. The van der Waals surface area contributed by atoms with E-state index in [-0.39, 0.29) is 5.91 Å². The third kappa shape index (κ3) is 5.91. The summed E-state index contributed by atoms with van der Waals surface area (Å²) in [4.78, 5) is 10.7. The SMILES string of the molecule is COCCNC(=O)CSC. The van der Waals surface area contributed by atoms with Crippen molar-refractivity contribution in [3.05, 3.63) is 0 Å². The summed E-state index contributed by atoms with van der Waals surface area (Å²) in [6.45, 7) is 1.19. The average Bonchev–Trinajstić information content (AvgIpc) is 1.89. The van der Waals surface area contributed by atoms with Crippen molar-refractivity contribution < 1.29 is 9.53 Å². The Morgan fingerprint density at radius 1 is 1.70 bits per heavy atom. The Hall–Kier alpha value is -0.220. The summed E-state index contributed by atoms with van der Waals surface area (Å²) in [5.41, 5.74) is 0. The van der Waals surface area contributed by atoms with E-state index in [9.17, 15) is 4.79 Å². The molecule has 0 aromatic carbocycles. The van der Waals surface area contributed by atoms with Crippen LogP contribution in [-0.2, 0) is 9.53 Å². The minimum Gasteiger partial charge on any atom is -0.383 e. The third-order valence-corrected chi connectivity index (χ3v) is 1.45. The van der Waals surface area contributed by atoms with E-state index in [2.05, 4.69) is 5.32 Å². The topological polar surface area (TPSA) is 38.3 Å². The monoisotopic (exact) mass is 163 g/mol. The quantitative estimate of drug-likeness (QED) is 0.585. The molecular weight excluding hydrogens is 150 g/mol. The molecule has 0 heterocycles. The maximum atomic E-state index is 10.7. The van der Waals surface area contributed by atoms with Crippen LogP contribution < -0.4 is 5.32 Å². The van der Waals surface area contributed by atoms with Gasteiger partial charge in [0.05, 0.1) is 12.4 Å². The van der Waals surface area contributed by atoms with Crippen LogP contribution in [0.2, 0.25) is 0 Å². The third-order valence-electron chi connectivity index (χ3n) is 0.904. The van der Waals surface area contributed by atoms with Crippen molar-refractivity contribution in [2.24, 2.45) is 0 Å². The van der Waals surface area contributed by atoms with Crippen LogP contribution in [0.15, 0.2) is 0 Å². The first-order chi connectivity index (χ1) is 4.81. The average molecular weight is 163 g/mol. The Kier molecular flexibility index (Phi) is 6.74. The zero-order chi connectivity index (χ0) is 7.82. The zero-order valence-electron chi connectivity index (χ0n) is 6.35. The normalized spacial score (nSPS) is 9.40. The van der Waals surface area contributed by atoms with E-state index in [1.165, 1.54) is 11.8 Å². The molecule has 0 unspecified atom stereocenters. The molecule has 1 amide bonds. The number of carbonyl (C=O) groups excluding carboxylic acids is 1. The van der Waals surface area contributed by atoms with Gasteiger partial charge >= 0.3 is 0 Å². The summed E-state index contributed by atoms with van der Waals surface area (Å²) in [5.74, 6) is 0.605. The molecule has 0 radical (unpaired) electrons. The zero-order valence-corrected chi connectivity index (χ0v) is 7.16. The van der Waals surface area contributed by atoms with Crippen molar-refractivity contribution in [1.29, 1.82) is 0 Å². The van der Waals surface area contributed by atoms with Crippen molar-refractivity contribution >= 4 is 17.7 Å².